The van der Waals surface area contributed by atoms with Crippen LogP contribution in [0.5, 0.6) is 5.75 Å². The molecule has 1 aromatic rings. The Hall–Kier alpha value is 0.01000. The highest BCUT2D eigenvalue weighted by Crippen LogP contribution is 2.28. The van der Waals surface area contributed by atoms with Gasteiger partial charge in [-0.3, -0.25) is 0 Å². The van der Waals surface area contributed by atoms with Crippen molar-refractivity contribution in [2.24, 2.45) is 0 Å². The quantitative estimate of drug-likeness (QED) is 0.504. The van der Waals surface area contributed by atoms with Crippen molar-refractivity contribution in [2.75, 3.05) is 19.4 Å². The molecule has 0 unspecified atom stereocenters. The summed E-state index contributed by atoms with van der Waals surface area (Å²) in [4.78, 5) is 0.292. The summed E-state index contributed by atoms with van der Waals surface area (Å²) >= 11 is 3.97. The smallest absolute Gasteiger partial charge is 0.240 e. The van der Waals surface area contributed by atoms with E-state index in [2.05, 4.69) is 27.3 Å². The second kappa shape index (κ2) is 8.75. The van der Waals surface area contributed by atoms with Gasteiger partial charge in [0.2, 0.25) is 10.0 Å². The standard InChI is InChI=1S/C15H22INO3S2/c1-20-15-8-7-13(11-14(15)16)22(18,19)17-9-10-21-12-5-3-2-4-6-12/h7-8,11-12,17H,2-6,9-10H2,1H3. The first kappa shape index (κ1) is 18.4. The number of thioether (sulfide) groups is 1. The molecule has 1 aromatic carbocycles. The average molecular weight is 455 g/mol. The lowest BCUT2D eigenvalue weighted by molar-refractivity contribution is 0.411. The predicted molar refractivity (Wildman–Crippen MR) is 100 cm³/mol. The zero-order valence-electron chi connectivity index (χ0n) is 12.7. The SMILES string of the molecule is COc1ccc(S(=O)(=O)NCCSC2CCCCC2)cc1I. The van der Waals surface area contributed by atoms with Crippen LogP contribution in [-0.4, -0.2) is 33.1 Å². The molecule has 1 aliphatic rings. The Labute approximate surface area is 151 Å². The molecule has 22 heavy (non-hydrogen) atoms. The lowest BCUT2D eigenvalue weighted by Crippen LogP contribution is -2.26. The third-order valence-electron chi connectivity index (χ3n) is 3.73. The molecule has 0 saturated heterocycles. The topological polar surface area (TPSA) is 55.4 Å². The van der Waals surface area contributed by atoms with Crippen LogP contribution in [0, 0.1) is 3.57 Å². The Kier molecular flexibility index (Phi) is 7.30. The minimum absolute atomic E-state index is 0.292. The molecule has 0 spiro atoms. The van der Waals surface area contributed by atoms with E-state index in [1.54, 1.807) is 25.3 Å². The Morgan fingerprint density at radius 2 is 2.05 bits per heavy atom. The van der Waals surface area contributed by atoms with Crippen LogP contribution in [0.1, 0.15) is 32.1 Å². The molecule has 0 aromatic heterocycles. The van der Waals surface area contributed by atoms with Gasteiger partial charge in [0.1, 0.15) is 5.75 Å². The maximum absolute atomic E-state index is 12.3. The lowest BCUT2D eigenvalue weighted by Gasteiger charge is -2.20. The van der Waals surface area contributed by atoms with E-state index in [0.717, 1.165) is 9.32 Å². The molecule has 0 bridgehead atoms. The maximum atomic E-state index is 12.3. The summed E-state index contributed by atoms with van der Waals surface area (Å²) < 4.78 is 33.2. The first-order chi connectivity index (χ1) is 10.5. The van der Waals surface area contributed by atoms with Gasteiger partial charge in [0.05, 0.1) is 15.6 Å². The number of ether oxygens (including phenoxy) is 1. The van der Waals surface area contributed by atoms with E-state index >= 15 is 0 Å². The maximum Gasteiger partial charge on any atom is 0.240 e. The Morgan fingerprint density at radius 3 is 2.68 bits per heavy atom. The van der Waals surface area contributed by atoms with Crippen LogP contribution in [0.4, 0.5) is 0 Å². The highest BCUT2D eigenvalue weighted by atomic mass is 127. The van der Waals surface area contributed by atoms with Gasteiger partial charge in [-0.15, -0.1) is 0 Å². The van der Waals surface area contributed by atoms with Gasteiger partial charge in [-0.2, -0.15) is 11.8 Å². The van der Waals surface area contributed by atoms with Crippen LogP contribution in [0.3, 0.4) is 0 Å². The van der Waals surface area contributed by atoms with Gasteiger partial charge in [-0.05, 0) is 53.6 Å². The summed E-state index contributed by atoms with van der Waals surface area (Å²) in [5.41, 5.74) is 0. The number of nitrogens with one attached hydrogen (secondary N) is 1. The Morgan fingerprint density at radius 1 is 1.32 bits per heavy atom. The summed E-state index contributed by atoms with van der Waals surface area (Å²) in [6, 6.07) is 4.90. The molecule has 0 heterocycles. The van der Waals surface area contributed by atoms with Crippen LogP contribution < -0.4 is 9.46 Å². The van der Waals surface area contributed by atoms with Gasteiger partial charge in [0.25, 0.3) is 0 Å². The number of methoxy groups -OCH3 is 1. The molecular formula is C15H22INO3S2. The second-order valence-electron chi connectivity index (χ2n) is 5.32. The third kappa shape index (κ3) is 5.28. The molecule has 1 fully saturated rings. The number of rotatable bonds is 7. The predicted octanol–water partition coefficient (Wildman–Crippen LogP) is 3.64. The average Bonchev–Trinajstić information content (AvgIpc) is 2.52. The van der Waals surface area contributed by atoms with Crippen LogP contribution in [-0.2, 0) is 10.0 Å². The van der Waals surface area contributed by atoms with Gasteiger partial charge in [-0.1, -0.05) is 19.3 Å². The fraction of sp³-hybridized carbons (Fsp3) is 0.600. The molecule has 0 amide bonds. The summed E-state index contributed by atoms with van der Waals surface area (Å²) in [6.07, 6.45) is 6.52. The summed E-state index contributed by atoms with van der Waals surface area (Å²) in [6.45, 7) is 0.478. The van der Waals surface area contributed by atoms with Gasteiger partial charge in [-0.25, -0.2) is 13.1 Å². The number of benzene rings is 1. The zero-order valence-corrected chi connectivity index (χ0v) is 16.5. The van der Waals surface area contributed by atoms with E-state index < -0.39 is 10.0 Å². The lowest BCUT2D eigenvalue weighted by atomic mass is 10.0. The molecule has 2 rings (SSSR count). The molecule has 4 nitrogen and oxygen atoms in total. The third-order valence-corrected chi connectivity index (χ3v) is 7.42. The largest absolute Gasteiger partial charge is 0.496 e. The van der Waals surface area contributed by atoms with Gasteiger partial charge < -0.3 is 4.74 Å². The van der Waals surface area contributed by atoms with Crippen molar-refractivity contribution in [1.29, 1.82) is 0 Å². The van der Waals surface area contributed by atoms with Crippen molar-refractivity contribution in [3.63, 3.8) is 0 Å². The molecule has 1 aliphatic carbocycles. The van der Waals surface area contributed by atoms with E-state index in [4.69, 9.17) is 4.74 Å². The Bertz CT molecular complexity index is 586. The number of halogens is 1. The van der Waals surface area contributed by atoms with E-state index in [-0.39, 0.29) is 0 Å². The van der Waals surface area contributed by atoms with Gasteiger partial charge in [0.15, 0.2) is 0 Å². The highest BCUT2D eigenvalue weighted by Gasteiger charge is 2.17. The molecule has 7 heteroatoms. The minimum Gasteiger partial charge on any atom is -0.496 e. The number of sulfonamides is 1. The van der Waals surface area contributed by atoms with E-state index in [9.17, 15) is 8.42 Å². The van der Waals surface area contributed by atoms with Crippen molar-refractivity contribution in [3.8, 4) is 5.75 Å². The molecule has 0 aliphatic heterocycles. The summed E-state index contributed by atoms with van der Waals surface area (Å²) in [5, 5.41) is 0.709. The molecule has 0 atom stereocenters. The van der Waals surface area contributed by atoms with Crippen LogP contribution in [0.15, 0.2) is 23.1 Å². The van der Waals surface area contributed by atoms with E-state index in [1.165, 1.54) is 32.1 Å². The fourth-order valence-electron chi connectivity index (χ4n) is 2.53. The van der Waals surface area contributed by atoms with Crippen molar-refractivity contribution in [3.05, 3.63) is 21.8 Å². The van der Waals surface area contributed by atoms with Crippen LogP contribution >= 0.6 is 34.4 Å². The Balaban J connectivity index is 1.84. The monoisotopic (exact) mass is 455 g/mol. The highest BCUT2D eigenvalue weighted by molar-refractivity contribution is 14.1. The fourth-order valence-corrected chi connectivity index (χ4v) is 5.88. The second-order valence-corrected chi connectivity index (χ2v) is 9.66. The van der Waals surface area contributed by atoms with Gasteiger partial charge >= 0.3 is 0 Å². The number of hydrogen-bond acceptors (Lipinski definition) is 4. The molecule has 0 radical (unpaired) electrons. The number of hydrogen-bond donors (Lipinski definition) is 1. The molecular weight excluding hydrogens is 433 g/mol. The van der Waals surface area contributed by atoms with Crippen molar-refractivity contribution < 1.29 is 13.2 Å². The minimum atomic E-state index is -3.43. The first-order valence-corrected chi connectivity index (χ1v) is 11.1. The summed E-state index contributed by atoms with van der Waals surface area (Å²) in [7, 11) is -1.86. The molecule has 124 valence electrons. The van der Waals surface area contributed by atoms with Crippen LogP contribution in [0.25, 0.3) is 0 Å². The zero-order chi connectivity index (χ0) is 16.0. The van der Waals surface area contributed by atoms with Crippen molar-refractivity contribution in [2.45, 2.75) is 42.2 Å². The normalized spacial score (nSPS) is 16.6. The first-order valence-electron chi connectivity index (χ1n) is 7.48. The van der Waals surface area contributed by atoms with Crippen molar-refractivity contribution in [1.82, 2.24) is 4.72 Å². The van der Waals surface area contributed by atoms with Crippen molar-refractivity contribution >= 4 is 44.4 Å². The van der Waals surface area contributed by atoms with Gasteiger partial charge in [0, 0.05) is 17.5 Å². The van der Waals surface area contributed by atoms with E-state index in [1.807, 2.05) is 11.8 Å². The van der Waals surface area contributed by atoms with Crippen LogP contribution in [0.2, 0.25) is 0 Å². The summed E-state index contributed by atoms with van der Waals surface area (Å²) in [5.74, 6) is 1.52. The molecule has 1 saturated carbocycles. The molecule has 1 N–H and O–H groups in total. The van der Waals surface area contributed by atoms with E-state index in [0.29, 0.717) is 22.4 Å².